The maximum atomic E-state index is 12.3. The van der Waals surface area contributed by atoms with Crippen LogP contribution in [0.1, 0.15) is 25.1 Å². The fourth-order valence-electron chi connectivity index (χ4n) is 3.05. The summed E-state index contributed by atoms with van der Waals surface area (Å²) in [7, 11) is 0. The second-order valence-electron chi connectivity index (χ2n) is 6.73. The number of anilines is 3. The van der Waals surface area contributed by atoms with E-state index in [9.17, 15) is 4.79 Å². The predicted molar refractivity (Wildman–Crippen MR) is 123 cm³/mol. The Morgan fingerprint density at radius 2 is 2.00 bits per heavy atom. The van der Waals surface area contributed by atoms with Gasteiger partial charge in [0.1, 0.15) is 0 Å². The summed E-state index contributed by atoms with van der Waals surface area (Å²) in [5.41, 5.74) is 3.01. The molecule has 0 radical (unpaired) electrons. The molecule has 2 aromatic heterocycles. The minimum Gasteiger partial charge on any atom is -0.378 e. The fourth-order valence-corrected chi connectivity index (χ4v) is 5.83. The number of carbonyl (C=O) groups is 1. The van der Waals surface area contributed by atoms with E-state index >= 15 is 0 Å². The number of thiazole rings is 1. The monoisotopic (exact) mass is 461 g/mol. The Balaban J connectivity index is 1.41. The molecule has 7 nitrogen and oxygen atoms in total. The van der Waals surface area contributed by atoms with Crippen molar-refractivity contribution in [2.24, 2.45) is 0 Å². The Morgan fingerprint density at radius 3 is 2.70 bits per heavy atom. The number of benzene rings is 1. The van der Waals surface area contributed by atoms with Crippen LogP contribution in [0.15, 0.2) is 34.0 Å². The average molecular weight is 462 g/mol. The molecule has 1 amide bonds. The van der Waals surface area contributed by atoms with Gasteiger partial charge in [0.25, 0.3) is 0 Å². The lowest BCUT2D eigenvalue weighted by Crippen LogP contribution is -2.36. The van der Waals surface area contributed by atoms with E-state index in [0.717, 1.165) is 53.6 Å². The van der Waals surface area contributed by atoms with Crippen molar-refractivity contribution in [3.63, 3.8) is 0 Å². The van der Waals surface area contributed by atoms with Crippen molar-refractivity contribution in [3.05, 3.63) is 40.9 Å². The highest BCUT2D eigenvalue weighted by molar-refractivity contribution is 8.00. The summed E-state index contributed by atoms with van der Waals surface area (Å²) in [6.45, 7) is 6.86. The third kappa shape index (κ3) is 5.00. The van der Waals surface area contributed by atoms with Crippen LogP contribution in [0.4, 0.5) is 16.0 Å². The number of hydrogen-bond acceptors (Lipinski definition) is 9. The van der Waals surface area contributed by atoms with Crippen LogP contribution in [0.3, 0.4) is 0 Å². The molecule has 0 N–H and O–H groups in total. The zero-order valence-corrected chi connectivity index (χ0v) is 19.4. The molecule has 10 heteroatoms. The Hall–Kier alpha value is -2.01. The van der Waals surface area contributed by atoms with Gasteiger partial charge in [-0.15, -0.1) is 21.5 Å². The first-order valence-corrected chi connectivity index (χ1v) is 12.4. The van der Waals surface area contributed by atoms with Gasteiger partial charge in [-0.2, -0.15) is 0 Å². The molecule has 4 rings (SSSR count). The van der Waals surface area contributed by atoms with Crippen LogP contribution < -0.4 is 9.80 Å². The first-order chi connectivity index (χ1) is 14.6. The van der Waals surface area contributed by atoms with Crippen LogP contribution in [0, 0.1) is 0 Å². The zero-order chi connectivity index (χ0) is 20.9. The molecule has 1 aromatic carbocycles. The van der Waals surface area contributed by atoms with Crippen molar-refractivity contribution in [1.29, 1.82) is 0 Å². The van der Waals surface area contributed by atoms with E-state index in [-0.39, 0.29) is 5.91 Å². The van der Waals surface area contributed by atoms with Crippen LogP contribution >= 0.6 is 34.4 Å². The molecule has 3 aromatic rings. The maximum absolute atomic E-state index is 12.3. The first kappa shape index (κ1) is 21.2. The highest BCUT2D eigenvalue weighted by atomic mass is 32.2. The van der Waals surface area contributed by atoms with Crippen LogP contribution in [0.2, 0.25) is 0 Å². The number of aromatic nitrogens is 3. The van der Waals surface area contributed by atoms with Gasteiger partial charge in [-0.25, -0.2) is 4.98 Å². The highest BCUT2D eigenvalue weighted by Crippen LogP contribution is 2.33. The average Bonchev–Trinajstić information content (AvgIpc) is 3.43. The van der Waals surface area contributed by atoms with E-state index in [1.807, 2.05) is 17.5 Å². The smallest absolute Gasteiger partial charge is 0.230 e. The maximum Gasteiger partial charge on any atom is 0.230 e. The third-order valence-electron chi connectivity index (χ3n) is 4.67. The summed E-state index contributed by atoms with van der Waals surface area (Å²) in [5, 5.41) is 12.2. The van der Waals surface area contributed by atoms with Crippen LogP contribution in [-0.2, 0) is 21.7 Å². The molecule has 1 saturated heterocycles. The number of thioether (sulfide) groups is 1. The molecule has 0 atom stereocenters. The van der Waals surface area contributed by atoms with Gasteiger partial charge in [0.2, 0.25) is 11.0 Å². The summed E-state index contributed by atoms with van der Waals surface area (Å²) in [4.78, 5) is 20.9. The number of nitrogens with zero attached hydrogens (tertiary/aromatic N) is 5. The second kappa shape index (κ2) is 9.86. The summed E-state index contributed by atoms with van der Waals surface area (Å²) < 4.78 is 6.31. The molecule has 0 saturated carbocycles. The third-order valence-corrected chi connectivity index (χ3v) is 7.70. The van der Waals surface area contributed by atoms with Crippen LogP contribution in [0.25, 0.3) is 0 Å². The molecular weight excluding hydrogens is 438 g/mol. The van der Waals surface area contributed by atoms with Gasteiger partial charge in [0, 0.05) is 31.1 Å². The number of carbonyl (C=O) groups excluding carboxylic acids is 1. The molecule has 0 unspecified atom stereocenters. The molecule has 158 valence electrons. The van der Waals surface area contributed by atoms with E-state index in [0.29, 0.717) is 10.9 Å². The van der Waals surface area contributed by atoms with Gasteiger partial charge in [-0.05, 0) is 24.1 Å². The fraction of sp³-hybridized carbons (Fsp3) is 0.400. The zero-order valence-electron chi connectivity index (χ0n) is 16.9. The van der Waals surface area contributed by atoms with Crippen molar-refractivity contribution < 1.29 is 9.53 Å². The Labute approximate surface area is 188 Å². The molecule has 0 spiro atoms. The van der Waals surface area contributed by atoms with E-state index in [1.54, 1.807) is 34.9 Å². The van der Waals surface area contributed by atoms with Gasteiger partial charge in [0.05, 0.1) is 24.6 Å². The lowest BCUT2D eigenvalue weighted by molar-refractivity contribution is -0.115. The second-order valence-corrected chi connectivity index (χ2v) is 9.75. The van der Waals surface area contributed by atoms with E-state index < -0.39 is 0 Å². The minimum absolute atomic E-state index is 0.0490. The molecule has 0 aliphatic carbocycles. The molecule has 1 aliphatic heterocycles. The molecule has 1 fully saturated rings. The number of hydrogen-bond donors (Lipinski definition) is 0. The first-order valence-electron chi connectivity index (χ1n) is 9.77. The van der Waals surface area contributed by atoms with Gasteiger partial charge in [-0.3, -0.25) is 9.69 Å². The quantitative estimate of drug-likeness (QED) is 0.484. The van der Waals surface area contributed by atoms with Gasteiger partial charge >= 0.3 is 0 Å². The molecule has 30 heavy (non-hydrogen) atoms. The Bertz CT molecular complexity index is 983. The lowest BCUT2D eigenvalue weighted by Gasteiger charge is -2.25. The summed E-state index contributed by atoms with van der Waals surface area (Å²) >= 11 is 4.70. The molecular formula is C20H23N5O2S3. The normalized spacial score (nSPS) is 14.1. The molecule has 3 heterocycles. The summed E-state index contributed by atoms with van der Waals surface area (Å²) in [6.07, 6.45) is 0.970. The van der Waals surface area contributed by atoms with E-state index in [2.05, 4.69) is 34.2 Å². The molecule has 1 aliphatic rings. The van der Waals surface area contributed by atoms with Crippen molar-refractivity contribution in [1.82, 2.24) is 15.2 Å². The van der Waals surface area contributed by atoms with Gasteiger partial charge in [0.15, 0.2) is 9.47 Å². The van der Waals surface area contributed by atoms with Gasteiger partial charge < -0.3 is 9.64 Å². The lowest BCUT2D eigenvalue weighted by atomic mass is 10.1. The van der Waals surface area contributed by atoms with Crippen molar-refractivity contribution in [2.75, 3.05) is 36.1 Å². The predicted octanol–water partition coefficient (Wildman–Crippen LogP) is 4.37. The van der Waals surface area contributed by atoms with E-state index in [1.165, 1.54) is 16.9 Å². The Kier molecular flexibility index (Phi) is 6.98. The number of amides is 1. The number of aryl methyl sites for hydroxylation is 1. The van der Waals surface area contributed by atoms with Crippen molar-refractivity contribution >= 4 is 56.3 Å². The largest absolute Gasteiger partial charge is 0.378 e. The van der Waals surface area contributed by atoms with Crippen LogP contribution in [-0.4, -0.2) is 47.4 Å². The van der Waals surface area contributed by atoms with Gasteiger partial charge in [-0.1, -0.05) is 42.2 Å². The molecule has 0 bridgehead atoms. The highest BCUT2D eigenvalue weighted by Gasteiger charge is 2.19. The van der Waals surface area contributed by atoms with Crippen molar-refractivity contribution in [2.45, 2.75) is 30.4 Å². The summed E-state index contributed by atoms with van der Waals surface area (Å²) in [5.74, 6) is 0.640. The standard InChI is InChI=1S/C20H23N5O2S3/c1-3-15-4-6-17(7-5-15)25(14(2)26)18-21-16(12-28-18)13-29-20-23-22-19(30-20)24-8-10-27-11-9-24/h4-7,12H,3,8-11,13H2,1-2H3. The Morgan fingerprint density at radius 1 is 1.23 bits per heavy atom. The van der Waals surface area contributed by atoms with Crippen molar-refractivity contribution in [3.8, 4) is 0 Å². The topological polar surface area (TPSA) is 71.5 Å². The number of rotatable bonds is 7. The summed E-state index contributed by atoms with van der Waals surface area (Å²) in [6, 6.07) is 8.06. The van der Waals surface area contributed by atoms with E-state index in [4.69, 9.17) is 9.72 Å². The minimum atomic E-state index is -0.0490. The number of morpholine rings is 1. The SMILES string of the molecule is CCc1ccc(N(C(C)=O)c2nc(CSc3nnc(N4CCOCC4)s3)cs2)cc1. The van der Waals surface area contributed by atoms with Crippen LogP contribution in [0.5, 0.6) is 0 Å². The number of ether oxygens (including phenoxy) is 1.